The second-order valence-electron chi connectivity index (χ2n) is 10.3. The van der Waals surface area contributed by atoms with Gasteiger partial charge in [0.2, 0.25) is 0 Å². The van der Waals surface area contributed by atoms with E-state index in [4.69, 9.17) is 0 Å². The molecule has 0 aliphatic carbocycles. The summed E-state index contributed by atoms with van der Waals surface area (Å²) in [5.41, 5.74) is 15.2. The highest BCUT2D eigenvalue weighted by atomic mass is 15.0. The third-order valence-corrected chi connectivity index (χ3v) is 7.45. The molecule has 0 spiro atoms. The Morgan fingerprint density at radius 3 is 1.31 bits per heavy atom. The topological polar surface area (TPSA) is 4.93 Å². The van der Waals surface area contributed by atoms with Crippen molar-refractivity contribution in [1.29, 1.82) is 0 Å². The molecule has 0 bridgehead atoms. The average molecular weight is 466 g/mol. The molecule has 0 atom stereocenters. The fourth-order valence-corrected chi connectivity index (χ4v) is 5.60. The van der Waals surface area contributed by atoms with Gasteiger partial charge in [-0.15, -0.1) is 0 Å². The SMILES string of the molecule is Cc1ccc(-n2c3cc(-c4ccc(C)cc4C)ccc3c3ccc(-c4ccc(C)cc4C)cc32)cc1. The van der Waals surface area contributed by atoms with Crippen molar-refractivity contribution < 1.29 is 0 Å². The largest absolute Gasteiger partial charge is 0.309 e. The van der Waals surface area contributed by atoms with Crippen LogP contribution in [0.3, 0.4) is 0 Å². The first-order valence-electron chi connectivity index (χ1n) is 12.7. The Bertz CT molecular complexity index is 1650. The van der Waals surface area contributed by atoms with Gasteiger partial charge >= 0.3 is 0 Å². The summed E-state index contributed by atoms with van der Waals surface area (Å²) in [6.45, 7) is 10.9. The van der Waals surface area contributed by atoms with Crippen LogP contribution in [0.5, 0.6) is 0 Å². The summed E-state index contributed by atoms with van der Waals surface area (Å²) in [4.78, 5) is 0. The van der Waals surface area contributed by atoms with E-state index in [1.165, 1.54) is 77.6 Å². The van der Waals surface area contributed by atoms with Gasteiger partial charge in [0.15, 0.2) is 0 Å². The molecule has 176 valence electrons. The quantitative estimate of drug-likeness (QED) is 0.245. The molecule has 0 unspecified atom stereocenters. The molecule has 36 heavy (non-hydrogen) atoms. The second-order valence-corrected chi connectivity index (χ2v) is 10.3. The molecule has 0 amide bonds. The van der Waals surface area contributed by atoms with Crippen LogP contribution in [0.15, 0.2) is 97.1 Å². The van der Waals surface area contributed by atoms with Gasteiger partial charge in [-0.1, -0.05) is 89.5 Å². The zero-order valence-corrected chi connectivity index (χ0v) is 21.7. The molecule has 0 saturated carbocycles. The highest BCUT2D eigenvalue weighted by molar-refractivity contribution is 6.11. The standard InChI is InChI=1S/C35H31N/c1-22-6-12-29(13-7-22)36-34-20-27(30-14-8-23(2)18-25(30)4)10-16-32(34)33-17-11-28(21-35(33)36)31-15-9-24(3)19-26(31)5/h6-21H,1-5H3. The lowest BCUT2D eigenvalue weighted by Crippen LogP contribution is -1.95. The van der Waals surface area contributed by atoms with E-state index in [0.29, 0.717) is 0 Å². The van der Waals surface area contributed by atoms with Crippen molar-refractivity contribution in [1.82, 2.24) is 4.57 Å². The fraction of sp³-hybridized carbons (Fsp3) is 0.143. The minimum absolute atomic E-state index is 1.19. The van der Waals surface area contributed by atoms with E-state index in [1.54, 1.807) is 0 Å². The minimum Gasteiger partial charge on any atom is -0.309 e. The summed E-state index contributed by atoms with van der Waals surface area (Å²) < 4.78 is 2.43. The lowest BCUT2D eigenvalue weighted by molar-refractivity contribution is 1.17. The van der Waals surface area contributed by atoms with Crippen LogP contribution in [0.4, 0.5) is 0 Å². The third kappa shape index (κ3) is 3.72. The van der Waals surface area contributed by atoms with Gasteiger partial charge in [0.1, 0.15) is 0 Å². The number of nitrogens with zero attached hydrogens (tertiary/aromatic N) is 1. The molecule has 1 heterocycles. The fourth-order valence-electron chi connectivity index (χ4n) is 5.60. The first kappa shape index (κ1) is 22.4. The minimum atomic E-state index is 1.19. The molecule has 0 N–H and O–H groups in total. The molecular formula is C35H31N. The number of benzene rings is 5. The molecule has 0 radical (unpaired) electrons. The molecule has 1 nitrogen and oxygen atoms in total. The molecule has 6 aromatic rings. The Hall–Kier alpha value is -4.10. The van der Waals surface area contributed by atoms with E-state index in [-0.39, 0.29) is 0 Å². The number of aryl methyl sites for hydroxylation is 5. The maximum Gasteiger partial charge on any atom is 0.0547 e. The van der Waals surface area contributed by atoms with Gasteiger partial charge < -0.3 is 4.57 Å². The zero-order chi connectivity index (χ0) is 25.0. The Morgan fingerprint density at radius 2 is 0.861 bits per heavy atom. The summed E-state index contributed by atoms with van der Waals surface area (Å²) in [5.74, 6) is 0. The van der Waals surface area contributed by atoms with E-state index < -0.39 is 0 Å². The van der Waals surface area contributed by atoms with Gasteiger partial charge in [-0.3, -0.25) is 0 Å². The van der Waals surface area contributed by atoms with E-state index >= 15 is 0 Å². The van der Waals surface area contributed by atoms with Crippen LogP contribution in [0.2, 0.25) is 0 Å². The van der Waals surface area contributed by atoms with Crippen LogP contribution in [0.25, 0.3) is 49.7 Å². The van der Waals surface area contributed by atoms with Crippen molar-refractivity contribution in [2.75, 3.05) is 0 Å². The maximum atomic E-state index is 2.43. The average Bonchev–Trinajstić information content (AvgIpc) is 3.17. The zero-order valence-electron chi connectivity index (χ0n) is 21.7. The van der Waals surface area contributed by atoms with Gasteiger partial charge in [-0.05, 0) is 92.3 Å². The Morgan fingerprint density at radius 1 is 0.417 bits per heavy atom. The van der Waals surface area contributed by atoms with Gasteiger partial charge in [0.25, 0.3) is 0 Å². The van der Waals surface area contributed by atoms with Crippen LogP contribution in [0, 0.1) is 34.6 Å². The van der Waals surface area contributed by atoms with Crippen molar-refractivity contribution in [3.63, 3.8) is 0 Å². The molecular weight excluding hydrogens is 434 g/mol. The smallest absolute Gasteiger partial charge is 0.0547 e. The van der Waals surface area contributed by atoms with Gasteiger partial charge in [0.05, 0.1) is 11.0 Å². The molecule has 1 heteroatoms. The summed E-state index contributed by atoms with van der Waals surface area (Å²) in [6.07, 6.45) is 0. The van der Waals surface area contributed by atoms with Crippen LogP contribution in [0.1, 0.15) is 27.8 Å². The second kappa shape index (κ2) is 8.53. The molecule has 5 aromatic carbocycles. The van der Waals surface area contributed by atoms with Crippen LogP contribution < -0.4 is 0 Å². The highest BCUT2D eigenvalue weighted by Crippen LogP contribution is 2.38. The predicted octanol–water partition coefficient (Wildman–Crippen LogP) is 9.66. The van der Waals surface area contributed by atoms with Gasteiger partial charge in [0, 0.05) is 16.5 Å². The molecule has 0 aliphatic heterocycles. The van der Waals surface area contributed by atoms with Crippen LogP contribution in [-0.2, 0) is 0 Å². The molecule has 1 aromatic heterocycles. The van der Waals surface area contributed by atoms with Crippen molar-refractivity contribution in [3.05, 3.63) is 125 Å². The number of rotatable bonds is 3. The number of fused-ring (bicyclic) bond motifs is 3. The van der Waals surface area contributed by atoms with Crippen LogP contribution in [-0.4, -0.2) is 4.57 Å². The van der Waals surface area contributed by atoms with Crippen molar-refractivity contribution in [3.8, 4) is 27.9 Å². The Balaban J connectivity index is 1.66. The molecule has 0 fully saturated rings. The Kier molecular flexibility index (Phi) is 5.30. The third-order valence-electron chi connectivity index (χ3n) is 7.45. The summed E-state index contributed by atoms with van der Waals surface area (Å²) >= 11 is 0. The highest BCUT2D eigenvalue weighted by Gasteiger charge is 2.15. The molecule has 6 rings (SSSR count). The first-order valence-corrected chi connectivity index (χ1v) is 12.7. The maximum absolute atomic E-state index is 2.43. The van der Waals surface area contributed by atoms with Gasteiger partial charge in [-0.2, -0.15) is 0 Å². The first-order chi connectivity index (χ1) is 17.4. The monoisotopic (exact) mass is 465 g/mol. The predicted molar refractivity (Wildman–Crippen MR) is 155 cm³/mol. The number of hydrogen-bond donors (Lipinski definition) is 0. The number of aromatic nitrogens is 1. The normalized spacial score (nSPS) is 11.5. The van der Waals surface area contributed by atoms with E-state index in [1.807, 2.05) is 0 Å². The Labute approximate surface area is 213 Å². The van der Waals surface area contributed by atoms with Crippen molar-refractivity contribution in [2.24, 2.45) is 0 Å². The molecule has 0 aliphatic rings. The summed E-state index contributed by atoms with van der Waals surface area (Å²) in [6, 6.07) is 36.2. The molecule has 0 saturated heterocycles. The van der Waals surface area contributed by atoms with E-state index in [0.717, 1.165) is 0 Å². The van der Waals surface area contributed by atoms with Crippen molar-refractivity contribution in [2.45, 2.75) is 34.6 Å². The lowest BCUT2D eigenvalue weighted by atomic mass is 9.96. The lowest BCUT2D eigenvalue weighted by Gasteiger charge is -2.12. The summed E-state index contributed by atoms with van der Waals surface area (Å²) in [7, 11) is 0. The van der Waals surface area contributed by atoms with E-state index in [2.05, 4.69) is 136 Å². The van der Waals surface area contributed by atoms with Crippen LogP contribution >= 0.6 is 0 Å². The van der Waals surface area contributed by atoms with Crippen molar-refractivity contribution >= 4 is 21.8 Å². The van der Waals surface area contributed by atoms with Gasteiger partial charge in [-0.25, -0.2) is 0 Å². The van der Waals surface area contributed by atoms with E-state index in [9.17, 15) is 0 Å². The number of hydrogen-bond acceptors (Lipinski definition) is 0. The summed E-state index contributed by atoms with van der Waals surface area (Å²) in [5, 5.41) is 2.57.